The summed E-state index contributed by atoms with van der Waals surface area (Å²) in [6.07, 6.45) is 3.27. The first-order valence-corrected chi connectivity index (χ1v) is 5.60. The highest BCUT2D eigenvalue weighted by Gasteiger charge is 2.56. The van der Waals surface area contributed by atoms with Gasteiger partial charge < -0.3 is 15.6 Å². The van der Waals surface area contributed by atoms with Gasteiger partial charge in [-0.1, -0.05) is 6.42 Å². The lowest BCUT2D eigenvalue weighted by atomic mass is 9.69. The standard InChI is InChI=1S/C11H19NO3/c1-15-10(14)9(13)11(6-12)5-7-2-3-8(11)4-7/h7-9,13H,2-6,12H2,1H3. The Morgan fingerprint density at radius 3 is 2.80 bits per heavy atom. The third-order valence-electron chi connectivity index (χ3n) is 4.37. The lowest BCUT2D eigenvalue weighted by Crippen LogP contribution is -2.50. The van der Waals surface area contributed by atoms with E-state index >= 15 is 0 Å². The van der Waals surface area contributed by atoms with Gasteiger partial charge in [-0.15, -0.1) is 0 Å². The van der Waals surface area contributed by atoms with Gasteiger partial charge in [-0.25, -0.2) is 4.79 Å². The number of hydrogen-bond acceptors (Lipinski definition) is 4. The molecule has 4 unspecified atom stereocenters. The minimum atomic E-state index is -1.04. The maximum atomic E-state index is 11.4. The Labute approximate surface area is 89.8 Å². The van der Waals surface area contributed by atoms with Crippen LogP contribution in [-0.2, 0) is 9.53 Å². The zero-order valence-electron chi connectivity index (χ0n) is 9.11. The number of hydrogen-bond donors (Lipinski definition) is 2. The van der Waals surface area contributed by atoms with Crippen molar-refractivity contribution in [3.63, 3.8) is 0 Å². The van der Waals surface area contributed by atoms with Crippen molar-refractivity contribution in [2.24, 2.45) is 23.0 Å². The fraction of sp³-hybridized carbons (Fsp3) is 0.909. The Balaban J connectivity index is 2.19. The van der Waals surface area contributed by atoms with E-state index in [1.54, 1.807) is 0 Å². The van der Waals surface area contributed by atoms with Crippen LogP contribution in [0.25, 0.3) is 0 Å². The molecule has 0 aromatic carbocycles. The van der Waals surface area contributed by atoms with Gasteiger partial charge in [-0.3, -0.25) is 0 Å². The first kappa shape index (κ1) is 10.9. The summed E-state index contributed by atoms with van der Waals surface area (Å²) in [5.41, 5.74) is 5.37. The number of carbonyl (C=O) groups is 1. The highest BCUT2D eigenvalue weighted by Crippen LogP contribution is 2.57. The zero-order chi connectivity index (χ0) is 11.1. The molecule has 2 saturated carbocycles. The second-order valence-electron chi connectivity index (χ2n) is 4.94. The number of esters is 1. The van der Waals surface area contributed by atoms with Crippen molar-refractivity contribution in [2.45, 2.75) is 31.8 Å². The second-order valence-corrected chi connectivity index (χ2v) is 4.94. The van der Waals surface area contributed by atoms with Crippen LogP contribution >= 0.6 is 0 Å². The van der Waals surface area contributed by atoms with Crippen LogP contribution in [-0.4, -0.2) is 30.8 Å². The quantitative estimate of drug-likeness (QED) is 0.661. The highest BCUT2D eigenvalue weighted by molar-refractivity contribution is 5.75. The molecule has 0 radical (unpaired) electrons. The van der Waals surface area contributed by atoms with Gasteiger partial charge in [-0.05, 0) is 31.1 Å². The van der Waals surface area contributed by atoms with Crippen LogP contribution in [0.5, 0.6) is 0 Å². The van der Waals surface area contributed by atoms with Crippen molar-refractivity contribution in [3.8, 4) is 0 Å². The molecule has 2 rings (SSSR count). The average molecular weight is 213 g/mol. The zero-order valence-corrected chi connectivity index (χ0v) is 9.11. The Bertz CT molecular complexity index is 269. The lowest BCUT2D eigenvalue weighted by Gasteiger charge is -2.39. The molecule has 3 N–H and O–H groups in total. The second kappa shape index (κ2) is 3.76. The van der Waals surface area contributed by atoms with Gasteiger partial charge in [0.15, 0.2) is 6.10 Å². The van der Waals surface area contributed by atoms with E-state index in [1.165, 1.54) is 13.5 Å². The number of methoxy groups -OCH3 is 1. The fourth-order valence-electron chi connectivity index (χ4n) is 3.53. The van der Waals surface area contributed by atoms with Crippen LogP contribution in [0.3, 0.4) is 0 Å². The minimum absolute atomic E-state index is 0.379. The fourth-order valence-corrected chi connectivity index (χ4v) is 3.53. The summed E-state index contributed by atoms with van der Waals surface area (Å²) in [4.78, 5) is 11.4. The SMILES string of the molecule is COC(=O)C(O)C1(CN)CC2CCC1C2. The van der Waals surface area contributed by atoms with Crippen molar-refractivity contribution < 1.29 is 14.6 Å². The van der Waals surface area contributed by atoms with E-state index in [1.807, 2.05) is 0 Å². The van der Waals surface area contributed by atoms with Gasteiger partial charge in [0.25, 0.3) is 0 Å². The van der Waals surface area contributed by atoms with Gasteiger partial charge in [0.05, 0.1) is 7.11 Å². The van der Waals surface area contributed by atoms with Crippen LogP contribution in [0.1, 0.15) is 25.7 Å². The van der Waals surface area contributed by atoms with E-state index in [2.05, 4.69) is 4.74 Å². The number of aliphatic hydroxyl groups is 1. The molecule has 2 fully saturated rings. The number of carbonyl (C=O) groups excluding carboxylic acids is 1. The van der Waals surface area contributed by atoms with Crippen molar-refractivity contribution in [1.82, 2.24) is 0 Å². The number of rotatable bonds is 3. The van der Waals surface area contributed by atoms with E-state index < -0.39 is 17.5 Å². The molecule has 4 nitrogen and oxygen atoms in total. The van der Waals surface area contributed by atoms with Crippen LogP contribution in [0.4, 0.5) is 0 Å². The predicted octanol–water partition coefficient (Wildman–Crippen LogP) is 0.285. The molecular weight excluding hydrogens is 194 g/mol. The third-order valence-corrected chi connectivity index (χ3v) is 4.37. The summed E-state index contributed by atoms with van der Waals surface area (Å²) < 4.78 is 4.61. The molecule has 2 aliphatic carbocycles. The van der Waals surface area contributed by atoms with Crippen molar-refractivity contribution in [2.75, 3.05) is 13.7 Å². The van der Waals surface area contributed by atoms with Crippen molar-refractivity contribution in [3.05, 3.63) is 0 Å². The summed E-state index contributed by atoms with van der Waals surface area (Å²) >= 11 is 0. The molecule has 2 bridgehead atoms. The first-order chi connectivity index (χ1) is 7.14. The van der Waals surface area contributed by atoms with Gasteiger partial charge in [0, 0.05) is 12.0 Å². The summed E-state index contributed by atoms with van der Waals surface area (Å²) in [5, 5.41) is 10.0. The molecule has 0 amide bonds. The molecule has 0 spiro atoms. The van der Waals surface area contributed by atoms with E-state index in [-0.39, 0.29) is 0 Å². The van der Waals surface area contributed by atoms with Crippen LogP contribution < -0.4 is 5.73 Å². The highest BCUT2D eigenvalue weighted by atomic mass is 16.5. The molecule has 86 valence electrons. The topological polar surface area (TPSA) is 72.5 Å². The normalized spacial score (nSPS) is 40.5. The number of nitrogens with two attached hydrogens (primary N) is 1. The molecule has 0 saturated heterocycles. The molecule has 15 heavy (non-hydrogen) atoms. The minimum Gasteiger partial charge on any atom is -0.467 e. The van der Waals surface area contributed by atoms with E-state index in [4.69, 9.17) is 5.73 Å². The molecule has 0 aliphatic heterocycles. The van der Waals surface area contributed by atoms with E-state index in [9.17, 15) is 9.90 Å². The molecule has 2 aliphatic rings. The van der Waals surface area contributed by atoms with E-state index in [0.717, 1.165) is 19.3 Å². The maximum absolute atomic E-state index is 11.4. The number of aliphatic hydroxyl groups excluding tert-OH is 1. The molecule has 4 heteroatoms. The van der Waals surface area contributed by atoms with Gasteiger partial charge in [0.2, 0.25) is 0 Å². The maximum Gasteiger partial charge on any atom is 0.335 e. The van der Waals surface area contributed by atoms with Crippen LogP contribution in [0, 0.1) is 17.3 Å². The van der Waals surface area contributed by atoms with Gasteiger partial charge >= 0.3 is 5.97 Å². The number of fused-ring (bicyclic) bond motifs is 2. The largest absolute Gasteiger partial charge is 0.467 e. The van der Waals surface area contributed by atoms with Crippen molar-refractivity contribution in [1.29, 1.82) is 0 Å². The smallest absolute Gasteiger partial charge is 0.335 e. The Morgan fingerprint density at radius 2 is 2.40 bits per heavy atom. The van der Waals surface area contributed by atoms with E-state index in [0.29, 0.717) is 18.4 Å². The Hall–Kier alpha value is -0.610. The third kappa shape index (κ3) is 1.47. The molecule has 0 aromatic rings. The summed E-state index contributed by atoms with van der Waals surface area (Å²) in [7, 11) is 1.31. The summed E-state index contributed by atoms with van der Waals surface area (Å²) in [6, 6.07) is 0. The molecule has 0 heterocycles. The number of ether oxygens (including phenoxy) is 1. The van der Waals surface area contributed by atoms with Crippen LogP contribution in [0.2, 0.25) is 0 Å². The van der Waals surface area contributed by atoms with Crippen molar-refractivity contribution >= 4 is 5.97 Å². The van der Waals surface area contributed by atoms with Gasteiger partial charge in [0.1, 0.15) is 0 Å². The molecule has 4 atom stereocenters. The average Bonchev–Trinajstić information content (AvgIpc) is 2.86. The lowest BCUT2D eigenvalue weighted by molar-refractivity contribution is -0.160. The Kier molecular flexibility index (Phi) is 2.73. The molecular formula is C11H19NO3. The van der Waals surface area contributed by atoms with Crippen LogP contribution in [0.15, 0.2) is 0 Å². The molecule has 0 aromatic heterocycles. The summed E-state index contributed by atoms with van der Waals surface area (Å²) in [6.45, 7) is 0.379. The predicted molar refractivity (Wildman–Crippen MR) is 55.0 cm³/mol. The Morgan fingerprint density at radius 1 is 1.67 bits per heavy atom. The van der Waals surface area contributed by atoms with Gasteiger partial charge in [-0.2, -0.15) is 0 Å². The first-order valence-electron chi connectivity index (χ1n) is 5.60. The monoisotopic (exact) mass is 213 g/mol. The summed E-state index contributed by atoms with van der Waals surface area (Å²) in [5.74, 6) is 0.521.